The minimum Gasteiger partial charge on any atom is -0.324 e. The van der Waals surface area contributed by atoms with Gasteiger partial charge in [-0.1, -0.05) is 0 Å². The molecule has 0 unspecified atom stereocenters. The van der Waals surface area contributed by atoms with Gasteiger partial charge in [-0.15, -0.1) is 11.3 Å². The summed E-state index contributed by atoms with van der Waals surface area (Å²) >= 11 is 1.72. The lowest BCUT2D eigenvalue weighted by Gasteiger charge is -2.18. The van der Waals surface area contributed by atoms with Crippen LogP contribution in [0.3, 0.4) is 0 Å². The molecule has 0 amide bonds. The number of nitrogens with zero attached hydrogens (tertiary/aromatic N) is 1. The minimum atomic E-state index is -0.139. The van der Waals surface area contributed by atoms with Gasteiger partial charge in [0.2, 0.25) is 0 Å². The van der Waals surface area contributed by atoms with Crippen LogP contribution in [0.4, 0.5) is 0 Å². The number of rotatable bonds is 4. The molecule has 0 aliphatic heterocycles. The second kappa shape index (κ2) is 4.17. The summed E-state index contributed by atoms with van der Waals surface area (Å²) in [6.07, 6.45) is 1.91. The summed E-state index contributed by atoms with van der Waals surface area (Å²) in [5.41, 5.74) is 5.69. The highest BCUT2D eigenvalue weighted by Crippen LogP contribution is 2.10. The molecule has 1 aromatic rings. The minimum absolute atomic E-state index is 0.139. The van der Waals surface area contributed by atoms with E-state index in [0.717, 1.165) is 18.1 Å². The third-order valence-corrected chi connectivity index (χ3v) is 2.46. The lowest BCUT2D eigenvalue weighted by molar-refractivity contribution is 0.468. The Morgan fingerprint density at radius 3 is 2.77 bits per heavy atom. The highest BCUT2D eigenvalue weighted by Gasteiger charge is 2.09. The molecule has 0 radical (unpaired) electrons. The normalized spacial score (nSPS) is 12.0. The van der Waals surface area contributed by atoms with E-state index < -0.39 is 0 Å². The Morgan fingerprint density at radius 2 is 2.31 bits per heavy atom. The van der Waals surface area contributed by atoms with E-state index in [1.54, 1.807) is 11.3 Å². The second-order valence-electron chi connectivity index (χ2n) is 3.94. The molecule has 0 atom stereocenters. The average molecular weight is 199 g/mol. The van der Waals surface area contributed by atoms with Gasteiger partial charge < -0.3 is 11.1 Å². The summed E-state index contributed by atoms with van der Waals surface area (Å²) in [6, 6.07) is 0. The van der Waals surface area contributed by atoms with Crippen LogP contribution in [0, 0.1) is 6.92 Å². The van der Waals surface area contributed by atoms with Gasteiger partial charge in [-0.25, -0.2) is 4.98 Å². The van der Waals surface area contributed by atoms with Crippen LogP contribution in [0.1, 0.15) is 23.7 Å². The number of nitrogens with two attached hydrogens (primary N) is 1. The van der Waals surface area contributed by atoms with Crippen LogP contribution in [-0.4, -0.2) is 17.1 Å². The van der Waals surface area contributed by atoms with Crippen LogP contribution >= 0.6 is 11.3 Å². The van der Waals surface area contributed by atoms with Gasteiger partial charge in [0, 0.05) is 29.7 Å². The van der Waals surface area contributed by atoms with Crippen molar-refractivity contribution in [1.82, 2.24) is 10.3 Å². The Labute approximate surface area is 83.4 Å². The van der Waals surface area contributed by atoms with Crippen LogP contribution in [0.5, 0.6) is 0 Å². The van der Waals surface area contributed by atoms with Gasteiger partial charge in [0.15, 0.2) is 0 Å². The molecule has 3 N–H and O–H groups in total. The molecule has 0 saturated carbocycles. The van der Waals surface area contributed by atoms with E-state index in [1.807, 2.05) is 27.0 Å². The largest absolute Gasteiger partial charge is 0.324 e. The van der Waals surface area contributed by atoms with Crippen LogP contribution in [0.15, 0.2) is 6.20 Å². The number of nitrogens with one attached hydrogen (secondary N) is 1. The fourth-order valence-corrected chi connectivity index (χ4v) is 1.76. The second-order valence-corrected chi connectivity index (χ2v) is 5.26. The van der Waals surface area contributed by atoms with Crippen LogP contribution < -0.4 is 11.1 Å². The Bertz CT molecular complexity index is 262. The van der Waals surface area contributed by atoms with Gasteiger partial charge in [0.25, 0.3) is 0 Å². The number of hydrogen-bond donors (Lipinski definition) is 2. The fraction of sp³-hybridized carbons (Fsp3) is 0.667. The van der Waals surface area contributed by atoms with Crippen molar-refractivity contribution in [2.24, 2.45) is 5.73 Å². The highest BCUT2D eigenvalue weighted by molar-refractivity contribution is 7.11. The first kappa shape index (κ1) is 10.6. The van der Waals surface area contributed by atoms with Gasteiger partial charge in [0.1, 0.15) is 0 Å². The smallest absolute Gasteiger partial charge is 0.0897 e. The van der Waals surface area contributed by atoms with E-state index in [-0.39, 0.29) is 5.54 Å². The molecule has 0 spiro atoms. The van der Waals surface area contributed by atoms with Gasteiger partial charge in [-0.3, -0.25) is 0 Å². The molecule has 74 valence electrons. The summed E-state index contributed by atoms with van der Waals surface area (Å²) in [7, 11) is 0. The average Bonchev–Trinajstić information content (AvgIpc) is 2.33. The standard InChI is InChI=1S/C9H17N3S/c1-7-12-5-8(13-7)4-11-6-9(2,3)10/h5,11H,4,6,10H2,1-3H3. The van der Waals surface area contributed by atoms with Crippen molar-refractivity contribution in [3.63, 3.8) is 0 Å². The maximum absolute atomic E-state index is 5.83. The summed E-state index contributed by atoms with van der Waals surface area (Å²) in [5.74, 6) is 0. The van der Waals surface area contributed by atoms with Gasteiger partial charge >= 0.3 is 0 Å². The van der Waals surface area contributed by atoms with Crippen molar-refractivity contribution >= 4 is 11.3 Å². The van der Waals surface area contributed by atoms with Crippen molar-refractivity contribution in [2.75, 3.05) is 6.54 Å². The van der Waals surface area contributed by atoms with E-state index in [1.165, 1.54) is 4.88 Å². The summed E-state index contributed by atoms with van der Waals surface area (Å²) in [6.45, 7) is 7.73. The zero-order valence-corrected chi connectivity index (χ0v) is 9.24. The van der Waals surface area contributed by atoms with E-state index in [2.05, 4.69) is 10.3 Å². The molecule has 0 aromatic carbocycles. The fourth-order valence-electron chi connectivity index (χ4n) is 0.995. The number of hydrogen-bond acceptors (Lipinski definition) is 4. The van der Waals surface area contributed by atoms with Crippen LogP contribution in [0.25, 0.3) is 0 Å². The Hall–Kier alpha value is -0.450. The first-order valence-electron chi connectivity index (χ1n) is 4.38. The van der Waals surface area contributed by atoms with Gasteiger partial charge in [0.05, 0.1) is 5.01 Å². The SMILES string of the molecule is Cc1ncc(CNCC(C)(C)N)s1. The quantitative estimate of drug-likeness (QED) is 0.768. The molecular formula is C9H17N3S. The van der Waals surface area contributed by atoms with Crippen molar-refractivity contribution in [2.45, 2.75) is 32.9 Å². The van der Waals surface area contributed by atoms with Crippen LogP contribution in [-0.2, 0) is 6.54 Å². The number of aromatic nitrogens is 1. The highest BCUT2D eigenvalue weighted by atomic mass is 32.1. The zero-order chi connectivity index (χ0) is 9.90. The van der Waals surface area contributed by atoms with Crippen molar-refractivity contribution in [3.05, 3.63) is 16.1 Å². The van der Waals surface area contributed by atoms with E-state index in [0.29, 0.717) is 0 Å². The van der Waals surface area contributed by atoms with E-state index in [4.69, 9.17) is 5.73 Å². The number of aryl methyl sites for hydroxylation is 1. The third-order valence-electron chi connectivity index (χ3n) is 1.55. The summed E-state index contributed by atoms with van der Waals surface area (Å²) < 4.78 is 0. The van der Waals surface area contributed by atoms with Crippen molar-refractivity contribution in [3.8, 4) is 0 Å². The lowest BCUT2D eigenvalue weighted by Crippen LogP contribution is -2.42. The Balaban J connectivity index is 2.28. The number of thiazole rings is 1. The molecule has 0 aliphatic rings. The Morgan fingerprint density at radius 1 is 1.62 bits per heavy atom. The van der Waals surface area contributed by atoms with Crippen LogP contribution in [0.2, 0.25) is 0 Å². The first-order valence-corrected chi connectivity index (χ1v) is 5.20. The molecule has 3 nitrogen and oxygen atoms in total. The van der Waals surface area contributed by atoms with E-state index in [9.17, 15) is 0 Å². The maximum Gasteiger partial charge on any atom is 0.0897 e. The molecule has 1 aromatic heterocycles. The summed E-state index contributed by atoms with van der Waals surface area (Å²) in [4.78, 5) is 5.44. The zero-order valence-electron chi connectivity index (χ0n) is 8.42. The van der Waals surface area contributed by atoms with Gasteiger partial charge in [-0.2, -0.15) is 0 Å². The van der Waals surface area contributed by atoms with Gasteiger partial charge in [-0.05, 0) is 20.8 Å². The molecule has 13 heavy (non-hydrogen) atoms. The first-order chi connectivity index (χ1) is 5.97. The predicted molar refractivity (Wildman–Crippen MR) is 56.8 cm³/mol. The molecular weight excluding hydrogens is 182 g/mol. The van der Waals surface area contributed by atoms with E-state index >= 15 is 0 Å². The maximum atomic E-state index is 5.83. The lowest BCUT2D eigenvalue weighted by atomic mass is 10.1. The molecule has 0 aliphatic carbocycles. The molecule has 4 heteroatoms. The molecule has 0 fully saturated rings. The third kappa shape index (κ3) is 4.36. The molecule has 1 rings (SSSR count). The monoisotopic (exact) mass is 199 g/mol. The molecule has 1 heterocycles. The predicted octanol–water partition coefficient (Wildman–Crippen LogP) is 1.28. The van der Waals surface area contributed by atoms with Crippen molar-refractivity contribution in [1.29, 1.82) is 0 Å². The molecule has 0 saturated heterocycles. The topological polar surface area (TPSA) is 50.9 Å². The summed E-state index contributed by atoms with van der Waals surface area (Å²) in [5, 5.41) is 4.42. The molecule has 0 bridgehead atoms. The van der Waals surface area contributed by atoms with Crippen molar-refractivity contribution < 1.29 is 0 Å². The Kier molecular flexibility index (Phi) is 3.41.